The molecule has 1 unspecified atom stereocenters. The smallest absolute Gasteiger partial charge is 0.301 e. The molecule has 1 saturated heterocycles. The lowest BCUT2D eigenvalue weighted by molar-refractivity contribution is -0.132. The molecule has 0 bridgehead atoms. The highest BCUT2D eigenvalue weighted by Gasteiger charge is 2.48. The number of ether oxygens (including phenoxy) is 2. The van der Waals surface area contributed by atoms with Crippen molar-refractivity contribution >= 4 is 45.7 Å². The van der Waals surface area contributed by atoms with E-state index in [1.54, 1.807) is 36.4 Å². The molecule has 1 fully saturated rings. The second kappa shape index (κ2) is 11.5. The van der Waals surface area contributed by atoms with Crippen molar-refractivity contribution in [3.05, 3.63) is 100 Å². The summed E-state index contributed by atoms with van der Waals surface area (Å²) in [5.74, 6) is -1.02. The van der Waals surface area contributed by atoms with E-state index >= 15 is 0 Å². The van der Waals surface area contributed by atoms with E-state index in [4.69, 9.17) is 9.47 Å². The number of carbonyl (C=O) groups excluding carboxylic acids is 2. The molecule has 0 aliphatic carbocycles. The Labute approximate surface area is 256 Å². The maximum Gasteiger partial charge on any atom is 0.301 e. The fourth-order valence-corrected chi connectivity index (χ4v) is 6.82. The molecule has 0 radical (unpaired) electrons. The number of halogens is 1. The van der Waals surface area contributed by atoms with Crippen molar-refractivity contribution in [2.24, 2.45) is 0 Å². The third-order valence-corrected chi connectivity index (χ3v) is 9.37. The van der Waals surface area contributed by atoms with Gasteiger partial charge in [0, 0.05) is 11.3 Å². The number of benzene rings is 3. The molecule has 3 heterocycles. The summed E-state index contributed by atoms with van der Waals surface area (Å²) in [6.45, 7) is 7.06. The van der Waals surface area contributed by atoms with Gasteiger partial charge in [0.2, 0.25) is 5.13 Å². The van der Waals surface area contributed by atoms with Crippen LogP contribution in [-0.2, 0) is 20.8 Å². The van der Waals surface area contributed by atoms with E-state index in [2.05, 4.69) is 31.0 Å². The minimum absolute atomic E-state index is 0.0686. The van der Waals surface area contributed by atoms with E-state index in [9.17, 15) is 19.1 Å². The number of hydrogen-bond acceptors (Lipinski definition) is 9. The summed E-state index contributed by atoms with van der Waals surface area (Å²) in [6.07, 6.45) is 0. The quantitative estimate of drug-likeness (QED) is 0.0842. The number of anilines is 1. The van der Waals surface area contributed by atoms with Gasteiger partial charge >= 0.3 is 5.91 Å². The van der Waals surface area contributed by atoms with Crippen LogP contribution in [0.4, 0.5) is 9.52 Å². The topological polar surface area (TPSA) is 102 Å². The summed E-state index contributed by atoms with van der Waals surface area (Å²) in [5, 5.41) is 20.2. The van der Waals surface area contributed by atoms with E-state index in [1.807, 2.05) is 24.3 Å². The molecule has 2 aliphatic rings. The summed E-state index contributed by atoms with van der Waals surface area (Å²) in [5.41, 5.74) is 2.35. The predicted molar refractivity (Wildman–Crippen MR) is 163 cm³/mol. The fraction of sp³-hybridized carbons (Fsp3) is 0.250. The molecule has 11 heteroatoms. The maximum absolute atomic E-state index is 14.2. The molecule has 1 aromatic heterocycles. The number of rotatable bonds is 6. The molecule has 1 N–H and O–H groups in total. The van der Waals surface area contributed by atoms with Crippen molar-refractivity contribution in [1.29, 1.82) is 0 Å². The Kier molecular flexibility index (Phi) is 7.70. The molecule has 2 aliphatic heterocycles. The van der Waals surface area contributed by atoms with Crippen molar-refractivity contribution in [2.75, 3.05) is 18.1 Å². The zero-order chi connectivity index (χ0) is 30.3. The number of hydrogen-bond donors (Lipinski definition) is 1. The third-order valence-electron chi connectivity index (χ3n) is 7.26. The van der Waals surface area contributed by atoms with Gasteiger partial charge in [0.25, 0.3) is 5.78 Å². The number of thioether (sulfide) groups is 1. The van der Waals surface area contributed by atoms with Crippen molar-refractivity contribution in [3.8, 4) is 11.5 Å². The normalized spacial score (nSPS) is 17.9. The van der Waals surface area contributed by atoms with Crippen LogP contribution in [0.1, 0.15) is 49.1 Å². The standard InChI is InChI=1S/C32H28FN3O5S2/c1-32(2,3)21-11-8-18(9-12-21)26-25(27(37)19-10-13-23-24(16-19)41-15-14-40-23)28(38)29(39)36(26)30-34-35-31(43-30)42-17-20-6-4-5-7-22(20)33/h4-13,16,26,37H,14-15,17H2,1-3H3/b27-25+. The first kappa shape index (κ1) is 28.9. The van der Waals surface area contributed by atoms with E-state index in [-0.39, 0.29) is 27.7 Å². The summed E-state index contributed by atoms with van der Waals surface area (Å²) in [7, 11) is 0. The summed E-state index contributed by atoms with van der Waals surface area (Å²) < 4.78 is 25.9. The number of nitrogens with zero attached hydrogens (tertiary/aromatic N) is 3. The second-order valence-corrected chi connectivity index (χ2v) is 13.3. The number of Topliss-reactive ketones (excluding diaryl/α,β-unsaturated/α-hetero) is 1. The second-order valence-electron chi connectivity index (χ2n) is 11.1. The first-order chi connectivity index (χ1) is 20.6. The van der Waals surface area contributed by atoms with Gasteiger partial charge in [-0.3, -0.25) is 14.5 Å². The van der Waals surface area contributed by atoms with Crippen LogP contribution in [-0.4, -0.2) is 40.2 Å². The molecule has 6 rings (SSSR count). The Morgan fingerprint density at radius 1 is 1.02 bits per heavy atom. The van der Waals surface area contributed by atoms with E-state index in [0.717, 1.165) is 16.9 Å². The zero-order valence-electron chi connectivity index (χ0n) is 23.7. The molecule has 1 atom stereocenters. The minimum atomic E-state index is -0.959. The Hall–Kier alpha value is -4.22. The van der Waals surface area contributed by atoms with Gasteiger partial charge in [0.15, 0.2) is 15.8 Å². The minimum Gasteiger partial charge on any atom is -0.507 e. The molecule has 1 amide bonds. The van der Waals surface area contributed by atoms with Crippen LogP contribution in [0.3, 0.4) is 0 Å². The zero-order valence-corrected chi connectivity index (χ0v) is 25.3. The SMILES string of the molecule is CC(C)(C)c1ccc(C2/C(=C(\O)c3ccc4c(c3)OCCO4)C(=O)C(=O)N2c2nnc(SCc3ccccc3F)s2)cc1. The van der Waals surface area contributed by atoms with Gasteiger partial charge in [-0.1, -0.05) is 86.3 Å². The van der Waals surface area contributed by atoms with Crippen molar-refractivity contribution in [2.45, 2.75) is 42.3 Å². The van der Waals surface area contributed by atoms with Crippen LogP contribution in [0.15, 0.2) is 76.6 Å². The summed E-state index contributed by atoms with van der Waals surface area (Å²) in [6, 6.07) is 18.0. The van der Waals surface area contributed by atoms with Gasteiger partial charge in [-0.2, -0.15) is 0 Å². The fourth-order valence-electron chi connectivity index (χ4n) is 4.97. The van der Waals surface area contributed by atoms with E-state index in [0.29, 0.717) is 51.5 Å². The molecule has 220 valence electrons. The van der Waals surface area contributed by atoms with Crippen LogP contribution >= 0.6 is 23.1 Å². The lowest BCUT2D eigenvalue weighted by Gasteiger charge is -2.24. The number of amides is 1. The number of aromatic nitrogens is 2. The lowest BCUT2D eigenvalue weighted by atomic mass is 9.85. The van der Waals surface area contributed by atoms with Crippen LogP contribution in [0.5, 0.6) is 11.5 Å². The number of ketones is 1. The summed E-state index contributed by atoms with van der Waals surface area (Å²) >= 11 is 2.41. The van der Waals surface area contributed by atoms with Crippen molar-refractivity contribution in [3.63, 3.8) is 0 Å². The van der Waals surface area contributed by atoms with Crippen LogP contribution in [0, 0.1) is 5.82 Å². The number of fused-ring (bicyclic) bond motifs is 1. The number of carbonyl (C=O) groups is 2. The molecule has 8 nitrogen and oxygen atoms in total. The molecule has 3 aromatic carbocycles. The first-order valence-electron chi connectivity index (χ1n) is 13.6. The highest BCUT2D eigenvalue weighted by molar-refractivity contribution is 8.00. The molecular formula is C32H28FN3O5S2. The predicted octanol–water partition coefficient (Wildman–Crippen LogP) is 6.66. The van der Waals surface area contributed by atoms with Crippen molar-refractivity contribution < 1.29 is 28.6 Å². The highest BCUT2D eigenvalue weighted by Crippen LogP contribution is 2.45. The molecule has 0 saturated carbocycles. The average Bonchev–Trinajstić information content (AvgIpc) is 3.57. The van der Waals surface area contributed by atoms with Gasteiger partial charge in [-0.05, 0) is 46.4 Å². The van der Waals surface area contributed by atoms with Gasteiger partial charge in [-0.25, -0.2) is 4.39 Å². The van der Waals surface area contributed by atoms with Gasteiger partial charge in [-0.15, -0.1) is 10.2 Å². The Balaban J connectivity index is 1.41. The molecule has 43 heavy (non-hydrogen) atoms. The Bertz CT molecular complexity index is 1750. The maximum atomic E-state index is 14.2. The van der Waals surface area contributed by atoms with Gasteiger partial charge in [0.05, 0.1) is 11.6 Å². The van der Waals surface area contributed by atoms with Crippen molar-refractivity contribution in [1.82, 2.24) is 10.2 Å². The van der Waals surface area contributed by atoms with Crippen LogP contribution < -0.4 is 14.4 Å². The van der Waals surface area contributed by atoms with Crippen LogP contribution in [0.2, 0.25) is 0 Å². The van der Waals surface area contributed by atoms with Crippen LogP contribution in [0.25, 0.3) is 5.76 Å². The molecular weight excluding hydrogens is 590 g/mol. The molecule has 4 aromatic rings. The first-order valence-corrected chi connectivity index (χ1v) is 15.4. The van der Waals surface area contributed by atoms with Gasteiger partial charge < -0.3 is 14.6 Å². The lowest BCUT2D eigenvalue weighted by Crippen LogP contribution is -2.29. The monoisotopic (exact) mass is 617 g/mol. The van der Waals surface area contributed by atoms with Gasteiger partial charge in [0.1, 0.15) is 24.8 Å². The Morgan fingerprint density at radius 2 is 1.74 bits per heavy atom. The summed E-state index contributed by atoms with van der Waals surface area (Å²) in [4.78, 5) is 28.5. The average molecular weight is 618 g/mol. The highest BCUT2D eigenvalue weighted by atomic mass is 32.2. The number of aliphatic hydroxyl groups is 1. The van der Waals surface area contributed by atoms with E-state index < -0.39 is 17.7 Å². The van der Waals surface area contributed by atoms with E-state index in [1.165, 1.54) is 22.7 Å². The largest absolute Gasteiger partial charge is 0.507 e. The molecule has 0 spiro atoms. The Morgan fingerprint density at radius 3 is 2.47 bits per heavy atom. The number of aliphatic hydroxyl groups excluding tert-OH is 1. The third kappa shape index (κ3) is 5.62.